The van der Waals surface area contributed by atoms with Gasteiger partial charge in [-0.1, -0.05) is 31.1 Å². The Kier molecular flexibility index (Phi) is 4.72. The summed E-state index contributed by atoms with van der Waals surface area (Å²) in [4.78, 5) is 23.8. The average Bonchev–Trinajstić information content (AvgIpc) is 2.92. The Morgan fingerprint density at radius 1 is 1.07 bits per heavy atom. The van der Waals surface area contributed by atoms with Crippen molar-refractivity contribution >= 4 is 11.8 Å². The first kappa shape index (κ1) is 19.7. The van der Waals surface area contributed by atoms with Crippen LogP contribution in [0.4, 0.5) is 0 Å². The van der Waals surface area contributed by atoms with Gasteiger partial charge in [-0.25, -0.2) is 0 Å². The number of rotatable bonds is 2. The first-order valence-corrected chi connectivity index (χ1v) is 10.8. The number of allylic oxidation sites excluding steroid dienone is 1. The number of carbonyl (C=O) groups excluding carboxylic acids is 2. The van der Waals surface area contributed by atoms with Crippen LogP contribution >= 0.6 is 0 Å². The zero-order valence-electron chi connectivity index (χ0n) is 17.6. The third-order valence-electron chi connectivity index (χ3n) is 8.24. The van der Waals surface area contributed by atoms with Crippen molar-refractivity contribution in [2.75, 3.05) is 0 Å². The number of aliphatic hydroxyl groups excluding tert-OH is 1. The van der Waals surface area contributed by atoms with Gasteiger partial charge in [0, 0.05) is 25.3 Å². The highest BCUT2D eigenvalue weighted by molar-refractivity contribution is 5.74. The summed E-state index contributed by atoms with van der Waals surface area (Å²) >= 11 is 0. The van der Waals surface area contributed by atoms with Crippen molar-refractivity contribution in [3.63, 3.8) is 0 Å². The third-order valence-corrected chi connectivity index (χ3v) is 8.24. The van der Waals surface area contributed by atoms with Gasteiger partial charge in [-0.2, -0.15) is 0 Å². The molecular weight excluding hydrogens is 352 g/mol. The molecule has 0 heterocycles. The maximum absolute atomic E-state index is 12.0. The fourth-order valence-electron chi connectivity index (χ4n) is 6.81. The minimum atomic E-state index is -0.368. The van der Waals surface area contributed by atoms with Gasteiger partial charge in [-0.05, 0) is 61.9 Å². The lowest BCUT2D eigenvalue weighted by atomic mass is 9.53. The molecule has 4 rings (SSSR count). The van der Waals surface area contributed by atoms with Crippen molar-refractivity contribution in [3.8, 4) is 0 Å². The number of amides is 2. The van der Waals surface area contributed by atoms with Crippen LogP contribution in [0.15, 0.2) is 22.8 Å². The molecule has 2 amide bonds. The Labute approximate surface area is 168 Å². The molecule has 1 fully saturated rings. The molecule has 0 aromatic carbocycles. The van der Waals surface area contributed by atoms with Gasteiger partial charge in [-0.3, -0.25) is 9.59 Å². The van der Waals surface area contributed by atoms with E-state index in [1.54, 1.807) is 13.8 Å². The minimum Gasteiger partial charge on any atom is -0.389 e. The topological polar surface area (TPSA) is 78.4 Å². The second kappa shape index (κ2) is 6.72. The van der Waals surface area contributed by atoms with Crippen molar-refractivity contribution in [1.29, 1.82) is 0 Å². The van der Waals surface area contributed by atoms with E-state index < -0.39 is 0 Å². The zero-order valence-corrected chi connectivity index (χ0v) is 17.6. The number of carbonyl (C=O) groups is 2. The molecule has 154 valence electrons. The summed E-state index contributed by atoms with van der Waals surface area (Å²) in [6, 6.07) is 0.220. The monoisotopic (exact) mass is 386 g/mol. The molecule has 0 aliphatic heterocycles. The summed E-state index contributed by atoms with van der Waals surface area (Å²) in [5.74, 6) is 0.448. The van der Waals surface area contributed by atoms with E-state index in [2.05, 4.69) is 24.5 Å². The molecule has 3 unspecified atom stereocenters. The lowest BCUT2D eigenvalue weighted by molar-refractivity contribution is -0.120. The van der Waals surface area contributed by atoms with Crippen LogP contribution in [-0.4, -0.2) is 35.1 Å². The molecule has 0 radical (unpaired) electrons. The predicted octanol–water partition coefficient (Wildman–Crippen LogP) is 2.99. The highest BCUT2D eigenvalue weighted by Crippen LogP contribution is 2.62. The van der Waals surface area contributed by atoms with Gasteiger partial charge in [0.15, 0.2) is 0 Å². The van der Waals surface area contributed by atoms with E-state index >= 15 is 0 Å². The normalized spacial score (nSPS) is 42.1. The molecular formula is C23H34N2O3. The molecule has 0 saturated heterocycles. The van der Waals surface area contributed by atoms with Crippen molar-refractivity contribution in [2.24, 2.45) is 16.7 Å². The summed E-state index contributed by atoms with van der Waals surface area (Å²) in [7, 11) is 0. The van der Waals surface area contributed by atoms with Crippen LogP contribution in [-0.2, 0) is 9.59 Å². The third kappa shape index (κ3) is 2.94. The highest BCUT2D eigenvalue weighted by atomic mass is 16.3. The Bertz CT molecular complexity index is 770. The average molecular weight is 387 g/mol. The quantitative estimate of drug-likeness (QED) is 0.639. The summed E-state index contributed by atoms with van der Waals surface area (Å²) in [6.07, 6.45) is 8.40. The molecule has 3 N–H and O–H groups in total. The summed E-state index contributed by atoms with van der Waals surface area (Å²) in [5, 5.41) is 16.7. The van der Waals surface area contributed by atoms with E-state index in [4.69, 9.17) is 0 Å². The van der Waals surface area contributed by atoms with E-state index in [9.17, 15) is 14.7 Å². The summed E-state index contributed by atoms with van der Waals surface area (Å²) in [5.41, 5.74) is 4.29. The smallest absolute Gasteiger partial charge is 0.217 e. The molecule has 5 nitrogen and oxygen atoms in total. The summed E-state index contributed by atoms with van der Waals surface area (Å²) < 4.78 is 0. The van der Waals surface area contributed by atoms with Crippen molar-refractivity contribution in [1.82, 2.24) is 10.6 Å². The molecule has 4 aliphatic carbocycles. The lowest BCUT2D eigenvalue weighted by Gasteiger charge is -2.54. The SMILES string of the molecule is CC(=O)NC1CC2=CC(O)CC[C@]2(C)C2=C1[C@@H]1CCC(NC(C)=O)[C@@]1(C)CC2. The van der Waals surface area contributed by atoms with E-state index in [1.807, 2.05) is 6.08 Å². The number of hydrogen-bond donors (Lipinski definition) is 3. The summed E-state index contributed by atoms with van der Waals surface area (Å²) in [6.45, 7) is 7.87. The zero-order chi connectivity index (χ0) is 20.3. The van der Waals surface area contributed by atoms with E-state index in [-0.39, 0.29) is 40.8 Å². The highest BCUT2D eigenvalue weighted by Gasteiger charge is 2.56. The number of fused-ring (bicyclic) bond motifs is 4. The van der Waals surface area contributed by atoms with Crippen LogP contribution in [0.5, 0.6) is 0 Å². The molecule has 5 heteroatoms. The van der Waals surface area contributed by atoms with Crippen LogP contribution in [0, 0.1) is 16.7 Å². The number of hydrogen-bond acceptors (Lipinski definition) is 3. The standard InChI is InChI=1S/C23H34N2O3/c1-13(26)24-19-12-15-11-16(28)7-9-22(15,3)18-8-10-23(4)17(21(18)19)5-6-20(23)25-14(2)27/h11,16-17,19-20,28H,5-10,12H2,1-4H3,(H,24,26)(H,25,27)/t16?,17-,19?,20?,22-,23-/m0/s1. The predicted molar refractivity (Wildman–Crippen MR) is 108 cm³/mol. The Balaban J connectivity index is 1.79. The van der Waals surface area contributed by atoms with Crippen molar-refractivity contribution in [3.05, 3.63) is 22.8 Å². The Morgan fingerprint density at radius 2 is 1.79 bits per heavy atom. The van der Waals surface area contributed by atoms with Crippen LogP contribution in [0.2, 0.25) is 0 Å². The molecule has 0 aromatic rings. The fourth-order valence-corrected chi connectivity index (χ4v) is 6.81. The largest absolute Gasteiger partial charge is 0.389 e. The Hall–Kier alpha value is -1.62. The first-order chi connectivity index (χ1) is 13.1. The van der Waals surface area contributed by atoms with E-state index in [0.29, 0.717) is 5.92 Å². The van der Waals surface area contributed by atoms with Gasteiger partial charge in [-0.15, -0.1) is 0 Å². The second-order valence-corrected chi connectivity index (χ2v) is 9.91. The van der Waals surface area contributed by atoms with Crippen LogP contribution < -0.4 is 10.6 Å². The molecule has 6 atom stereocenters. The van der Waals surface area contributed by atoms with Crippen molar-refractivity contribution in [2.45, 2.75) is 90.8 Å². The Morgan fingerprint density at radius 3 is 2.46 bits per heavy atom. The molecule has 0 bridgehead atoms. The van der Waals surface area contributed by atoms with Crippen molar-refractivity contribution < 1.29 is 14.7 Å². The molecule has 0 aromatic heterocycles. The van der Waals surface area contributed by atoms with Gasteiger partial charge >= 0.3 is 0 Å². The molecule has 28 heavy (non-hydrogen) atoms. The van der Waals surface area contributed by atoms with E-state index in [1.165, 1.54) is 16.7 Å². The molecule has 1 saturated carbocycles. The van der Waals surface area contributed by atoms with Gasteiger partial charge in [0.2, 0.25) is 11.8 Å². The molecule has 4 aliphatic rings. The minimum absolute atomic E-state index is 0.00101. The molecule has 0 spiro atoms. The van der Waals surface area contributed by atoms with Gasteiger partial charge < -0.3 is 15.7 Å². The maximum Gasteiger partial charge on any atom is 0.217 e. The fraction of sp³-hybridized carbons (Fsp3) is 0.739. The van der Waals surface area contributed by atoms with Crippen LogP contribution in [0.1, 0.15) is 72.6 Å². The first-order valence-electron chi connectivity index (χ1n) is 10.8. The number of aliphatic hydroxyl groups is 1. The lowest BCUT2D eigenvalue weighted by Crippen LogP contribution is -2.52. The van der Waals surface area contributed by atoms with Gasteiger partial charge in [0.05, 0.1) is 12.1 Å². The van der Waals surface area contributed by atoms with Crippen LogP contribution in [0.3, 0.4) is 0 Å². The van der Waals surface area contributed by atoms with Crippen LogP contribution in [0.25, 0.3) is 0 Å². The maximum atomic E-state index is 12.0. The number of nitrogens with one attached hydrogen (secondary N) is 2. The second-order valence-electron chi connectivity index (χ2n) is 9.91. The van der Waals surface area contributed by atoms with E-state index in [0.717, 1.165) is 44.9 Å². The van der Waals surface area contributed by atoms with Gasteiger partial charge in [0.1, 0.15) is 0 Å². The van der Waals surface area contributed by atoms with Gasteiger partial charge in [0.25, 0.3) is 0 Å².